The fraction of sp³-hybridized carbons (Fsp3) is 0.696. The van der Waals surface area contributed by atoms with Crippen LogP contribution in [0.5, 0.6) is 0 Å². The summed E-state index contributed by atoms with van der Waals surface area (Å²) in [4.78, 5) is 35.0. The van der Waals surface area contributed by atoms with Gasteiger partial charge in [-0.15, -0.1) is 0 Å². The number of hydrogen-bond acceptors (Lipinski definition) is 9. The molecule has 0 aromatic heterocycles. The quantitative estimate of drug-likeness (QED) is 0.0236. The minimum atomic E-state index is -4.64. The minimum Gasteiger partial charge on any atom is -0.462 e. The van der Waals surface area contributed by atoms with Crippen LogP contribution in [0, 0.1) is 0 Å². The van der Waals surface area contributed by atoms with Crippen LogP contribution in [0.2, 0.25) is 0 Å². The number of aliphatic hydroxyl groups excluding tert-OH is 2. The van der Waals surface area contributed by atoms with E-state index < -0.39 is 51.8 Å². The Kier molecular flexibility index (Phi) is 39.7. The van der Waals surface area contributed by atoms with E-state index in [2.05, 4.69) is 79.1 Å². The summed E-state index contributed by atoms with van der Waals surface area (Å²) in [7, 11) is -4.64. The predicted octanol–water partition coefficient (Wildman–Crippen LogP) is 11.7. The Bertz CT molecular complexity index is 1180. The number of carbonyl (C=O) groups excluding carboxylic acids is 2. The molecule has 0 aromatic carbocycles. The van der Waals surface area contributed by atoms with Gasteiger partial charge in [-0.05, 0) is 51.4 Å². The van der Waals surface area contributed by atoms with Crippen molar-refractivity contribution in [2.75, 3.05) is 26.4 Å². The van der Waals surface area contributed by atoms with Crippen LogP contribution >= 0.6 is 7.82 Å². The Hall–Kier alpha value is -2.59. The molecule has 0 aliphatic carbocycles. The molecule has 0 amide bonds. The Balaban J connectivity index is 4.43. The van der Waals surface area contributed by atoms with Crippen LogP contribution in [0.25, 0.3) is 0 Å². The topological polar surface area (TPSA) is 149 Å². The molecular weight excluding hydrogens is 743 g/mol. The van der Waals surface area contributed by atoms with Crippen LogP contribution in [0.1, 0.15) is 168 Å². The zero-order chi connectivity index (χ0) is 41.9. The standard InChI is InChI=1S/C46H79O10P/c1-3-5-7-9-11-13-15-17-19-20-21-22-24-26-28-30-32-34-36-38-46(50)56-44(42-55-57(51,52)54-40-43(48)39-47)41-53-45(49)37-35-33-31-29-27-25-23-18-16-14-12-10-8-6-4-2/h5,7,11,13,17,19,21-22,26,28,32,34,43-44,47-48H,3-4,6,8-10,12,14-16,18,20,23-25,27,29-31,33,35-42H2,1-2H3,(H,51,52)/t43-,44+/m0/s1. The third-order valence-electron chi connectivity index (χ3n) is 8.89. The number of aliphatic hydroxyl groups is 2. The molecule has 3 atom stereocenters. The highest BCUT2D eigenvalue weighted by Crippen LogP contribution is 2.43. The molecule has 0 aromatic rings. The summed E-state index contributed by atoms with van der Waals surface area (Å²) in [5.74, 6) is -1.02. The molecule has 1 unspecified atom stereocenters. The maximum Gasteiger partial charge on any atom is 0.472 e. The van der Waals surface area contributed by atoms with E-state index in [0.717, 1.165) is 57.8 Å². The van der Waals surface area contributed by atoms with Gasteiger partial charge in [-0.1, -0.05) is 177 Å². The summed E-state index contributed by atoms with van der Waals surface area (Å²) >= 11 is 0. The number of unbranched alkanes of at least 4 members (excludes halogenated alkanes) is 14. The van der Waals surface area contributed by atoms with Crippen LogP contribution in [-0.2, 0) is 32.7 Å². The molecule has 57 heavy (non-hydrogen) atoms. The zero-order valence-electron chi connectivity index (χ0n) is 35.5. The molecular formula is C46H79O10P. The van der Waals surface area contributed by atoms with Gasteiger partial charge >= 0.3 is 19.8 Å². The lowest BCUT2D eigenvalue weighted by molar-refractivity contribution is -0.161. The normalized spacial score (nSPS) is 14.5. The van der Waals surface area contributed by atoms with E-state index in [1.807, 2.05) is 12.2 Å². The van der Waals surface area contributed by atoms with Gasteiger partial charge in [-0.2, -0.15) is 0 Å². The number of allylic oxidation sites excluding steroid dienone is 12. The molecule has 0 rings (SSSR count). The highest BCUT2D eigenvalue weighted by molar-refractivity contribution is 7.47. The number of rotatable bonds is 40. The number of esters is 2. The van der Waals surface area contributed by atoms with Crippen molar-refractivity contribution in [3.63, 3.8) is 0 Å². The molecule has 0 fully saturated rings. The predicted molar refractivity (Wildman–Crippen MR) is 233 cm³/mol. The average Bonchev–Trinajstić information content (AvgIpc) is 3.20. The SMILES string of the molecule is CCC=CCC=CCC=CCC=CCC=CCC=CCCC(=O)O[C@H](COC(=O)CCCCCCCCCCCCCCCCC)COP(=O)(O)OC[C@@H](O)CO. The van der Waals surface area contributed by atoms with E-state index in [1.165, 1.54) is 70.6 Å². The number of phosphoric ester groups is 1. The van der Waals surface area contributed by atoms with Gasteiger partial charge in [-0.25, -0.2) is 4.57 Å². The highest BCUT2D eigenvalue weighted by Gasteiger charge is 2.27. The van der Waals surface area contributed by atoms with Crippen molar-refractivity contribution in [2.45, 2.75) is 180 Å². The van der Waals surface area contributed by atoms with Crippen LogP contribution < -0.4 is 0 Å². The van der Waals surface area contributed by atoms with E-state index in [0.29, 0.717) is 12.8 Å². The van der Waals surface area contributed by atoms with Crippen LogP contribution in [0.3, 0.4) is 0 Å². The molecule has 0 aliphatic heterocycles. The van der Waals surface area contributed by atoms with Gasteiger partial charge < -0.3 is 24.6 Å². The molecule has 0 aliphatic rings. The average molecular weight is 823 g/mol. The summed E-state index contributed by atoms with van der Waals surface area (Å²) < 4.78 is 32.6. The lowest BCUT2D eigenvalue weighted by Crippen LogP contribution is -2.29. The molecule has 0 saturated heterocycles. The molecule has 328 valence electrons. The summed E-state index contributed by atoms with van der Waals surface area (Å²) in [6.45, 7) is 2.18. The second kappa shape index (κ2) is 41.6. The first-order chi connectivity index (χ1) is 27.7. The summed E-state index contributed by atoms with van der Waals surface area (Å²) in [6.07, 6.45) is 47.4. The number of hydrogen-bond donors (Lipinski definition) is 3. The first-order valence-electron chi connectivity index (χ1n) is 21.9. The molecule has 0 radical (unpaired) electrons. The third-order valence-corrected chi connectivity index (χ3v) is 9.84. The monoisotopic (exact) mass is 823 g/mol. The fourth-order valence-electron chi connectivity index (χ4n) is 5.55. The fourth-order valence-corrected chi connectivity index (χ4v) is 6.34. The van der Waals surface area contributed by atoms with Gasteiger partial charge in [0.2, 0.25) is 0 Å². The van der Waals surface area contributed by atoms with Crippen LogP contribution in [0.4, 0.5) is 0 Å². The Labute approximate surface area is 346 Å². The van der Waals surface area contributed by atoms with Gasteiger partial charge in [-0.3, -0.25) is 18.6 Å². The molecule has 11 heteroatoms. The van der Waals surface area contributed by atoms with E-state index in [1.54, 1.807) is 0 Å². The van der Waals surface area contributed by atoms with Crippen molar-refractivity contribution in [2.24, 2.45) is 0 Å². The molecule has 0 saturated carbocycles. The molecule has 3 N–H and O–H groups in total. The number of carbonyl (C=O) groups is 2. The Morgan fingerprint density at radius 1 is 0.544 bits per heavy atom. The third kappa shape index (κ3) is 41.4. The number of phosphoric acid groups is 1. The van der Waals surface area contributed by atoms with Gasteiger partial charge in [0.1, 0.15) is 12.7 Å². The molecule has 0 spiro atoms. The van der Waals surface area contributed by atoms with Crippen LogP contribution in [-0.4, -0.2) is 65.7 Å². The lowest BCUT2D eigenvalue weighted by Gasteiger charge is -2.20. The van der Waals surface area contributed by atoms with Crippen molar-refractivity contribution in [1.29, 1.82) is 0 Å². The second-order valence-corrected chi connectivity index (χ2v) is 15.8. The van der Waals surface area contributed by atoms with Gasteiger partial charge in [0.25, 0.3) is 0 Å². The summed E-state index contributed by atoms with van der Waals surface area (Å²) in [6, 6.07) is 0. The molecule has 10 nitrogen and oxygen atoms in total. The summed E-state index contributed by atoms with van der Waals surface area (Å²) in [5, 5.41) is 18.3. The van der Waals surface area contributed by atoms with Gasteiger partial charge in [0, 0.05) is 12.8 Å². The Morgan fingerprint density at radius 2 is 0.965 bits per heavy atom. The van der Waals surface area contributed by atoms with Gasteiger partial charge in [0.05, 0.1) is 19.8 Å². The van der Waals surface area contributed by atoms with Crippen molar-refractivity contribution < 1.29 is 47.8 Å². The summed E-state index contributed by atoms with van der Waals surface area (Å²) in [5.41, 5.74) is 0. The van der Waals surface area contributed by atoms with E-state index in [-0.39, 0.29) is 19.4 Å². The maximum absolute atomic E-state index is 12.6. The maximum atomic E-state index is 12.6. The van der Waals surface area contributed by atoms with Crippen molar-refractivity contribution in [3.05, 3.63) is 72.9 Å². The first-order valence-corrected chi connectivity index (χ1v) is 23.4. The lowest BCUT2D eigenvalue weighted by atomic mass is 10.0. The Morgan fingerprint density at radius 3 is 1.42 bits per heavy atom. The van der Waals surface area contributed by atoms with Crippen molar-refractivity contribution >= 4 is 19.8 Å². The number of ether oxygens (including phenoxy) is 2. The largest absolute Gasteiger partial charge is 0.472 e. The van der Waals surface area contributed by atoms with E-state index in [4.69, 9.17) is 19.1 Å². The highest BCUT2D eigenvalue weighted by atomic mass is 31.2. The van der Waals surface area contributed by atoms with E-state index in [9.17, 15) is 24.2 Å². The van der Waals surface area contributed by atoms with Crippen LogP contribution in [0.15, 0.2) is 72.9 Å². The molecule has 0 bridgehead atoms. The van der Waals surface area contributed by atoms with Gasteiger partial charge in [0.15, 0.2) is 6.10 Å². The van der Waals surface area contributed by atoms with E-state index >= 15 is 0 Å². The zero-order valence-corrected chi connectivity index (χ0v) is 36.4. The second-order valence-electron chi connectivity index (χ2n) is 14.3. The smallest absolute Gasteiger partial charge is 0.462 e. The van der Waals surface area contributed by atoms with Crippen molar-refractivity contribution in [1.82, 2.24) is 0 Å². The van der Waals surface area contributed by atoms with Crippen molar-refractivity contribution in [3.8, 4) is 0 Å². The first kappa shape index (κ1) is 54.4. The minimum absolute atomic E-state index is 0.0573. The molecule has 0 heterocycles.